The Hall–Kier alpha value is -5.06. The van der Waals surface area contributed by atoms with Crippen molar-refractivity contribution < 1.29 is 33.9 Å². The van der Waals surface area contributed by atoms with Crippen LogP contribution in [0, 0.1) is 10.1 Å². The SMILES string of the molecule is O=C(O)COc1cccc(NC(=O)c2cccc(N3C(=O)c4cccc([N+](=O)[O-])c4C3=O)c2)c1. The van der Waals surface area contributed by atoms with E-state index in [9.17, 15) is 29.3 Å². The van der Waals surface area contributed by atoms with E-state index in [1.165, 1.54) is 48.5 Å². The van der Waals surface area contributed by atoms with Crippen LogP contribution in [-0.2, 0) is 4.79 Å². The van der Waals surface area contributed by atoms with Crippen molar-refractivity contribution in [2.75, 3.05) is 16.8 Å². The summed E-state index contributed by atoms with van der Waals surface area (Å²) < 4.78 is 5.08. The number of nitro groups is 1. The number of aliphatic carboxylic acids is 1. The number of nitrogens with zero attached hydrogens (tertiary/aromatic N) is 2. The number of imide groups is 1. The fourth-order valence-electron chi connectivity index (χ4n) is 3.45. The molecule has 3 amide bonds. The molecule has 170 valence electrons. The van der Waals surface area contributed by atoms with Gasteiger partial charge in [-0.15, -0.1) is 0 Å². The molecule has 1 aliphatic heterocycles. The molecule has 0 saturated heterocycles. The van der Waals surface area contributed by atoms with Crippen LogP contribution in [0.3, 0.4) is 0 Å². The molecule has 3 aromatic rings. The second-order valence-electron chi connectivity index (χ2n) is 7.12. The van der Waals surface area contributed by atoms with Gasteiger partial charge in [0.25, 0.3) is 23.4 Å². The van der Waals surface area contributed by atoms with Gasteiger partial charge >= 0.3 is 5.97 Å². The van der Waals surface area contributed by atoms with Crippen LogP contribution in [0.4, 0.5) is 17.1 Å². The maximum Gasteiger partial charge on any atom is 0.341 e. The molecule has 3 aromatic carbocycles. The van der Waals surface area contributed by atoms with Crippen molar-refractivity contribution in [2.24, 2.45) is 0 Å². The quantitative estimate of drug-likeness (QED) is 0.309. The van der Waals surface area contributed by atoms with Crippen LogP contribution in [0.2, 0.25) is 0 Å². The van der Waals surface area contributed by atoms with E-state index in [1.54, 1.807) is 12.1 Å². The number of carbonyl (C=O) groups excluding carboxylic acids is 3. The van der Waals surface area contributed by atoms with Crippen molar-refractivity contribution in [1.82, 2.24) is 0 Å². The zero-order chi connectivity index (χ0) is 24.4. The molecule has 0 bridgehead atoms. The van der Waals surface area contributed by atoms with E-state index in [0.717, 1.165) is 11.0 Å². The van der Waals surface area contributed by atoms with Gasteiger partial charge in [-0.1, -0.05) is 18.2 Å². The summed E-state index contributed by atoms with van der Waals surface area (Å²) in [5.41, 5.74) is -0.350. The number of hydrogen-bond donors (Lipinski definition) is 2. The van der Waals surface area contributed by atoms with Crippen LogP contribution in [-0.4, -0.2) is 40.3 Å². The summed E-state index contributed by atoms with van der Waals surface area (Å²) >= 11 is 0. The summed E-state index contributed by atoms with van der Waals surface area (Å²) in [5, 5.41) is 22.6. The topological polar surface area (TPSA) is 156 Å². The molecule has 0 saturated carbocycles. The minimum absolute atomic E-state index is 0.0756. The molecular formula is C23H15N3O8. The molecule has 0 aliphatic carbocycles. The monoisotopic (exact) mass is 461 g/mol. The zero-order valence-corrected chi connectivity index (χ0v) is 17.3. The van der Waals surface area contributed by atoms with Gasteiger partial charge in [0.1, 0.15) is 11.3 Å². The van der Waals surface area contributed by atoms with Crippen molar-refractivity contribution in [2.45, 2.75) is 0 Å². The highest BCUT2D eigenvalue weighted by Crippen LogP contribution is 2.34. The van der Waals surface area contributed by atoms with Crippen molar-refractivity contribution in [3.63, 3.8) is 0 Å². The zero-order valence-electron chi connectivity index (χ0n) is 17.3. The Labute approximate surface area is 191 Å². The van der Waals surface area contributed by atoms with Gasteiger partial charge in [0.2, 0.25) is 0 Å². The lowest BCUT2D eigenvalue weighted by Crippen LogP contribution is -2.29. The van der Waals surface area contributed by atoms with Gasteiger partial charge in [-0.25, -0.2) is 9.69 Å². The largest absolute Gasteiger partial charge is 0.482 e. The number of rotatable bonds is 7. The first kappa shape index (κ1) is 22.1. The lowest BCUT2D eigenvalue weighted by atomic mass is 10.1. The van der Waals surface area contributed by atoms with Crippen LogP contribution in [0.15, 0.2) is 66.7 Å². The average molecular weight is 461 g/mol. The summed E-state index contributed by atoms with van der Waals surface area (Å²) in [7, 11) is 0. The van der Waals surface area contributed by atoms with Gasteiger partial charge < -0.3 is 15.2 Å². The smallest absolute Gasteiger partial charge is 0.341 e. The molecule has 1 heterocycles. The number of nitro benzene ring substituents is 1. The molecule has 0 unspecified atom stereocenters. The third-order valence-electron chi connectivity index (χ3n) is 4.91. The van der Waals surface area contributed by atoms with Crippen LogP contribution in [0.5, 0.6) is 5.75 Å². The second-order valence-corrected chi connectivity index (χ2v) is 7.12. The Bertz CT molecular complexity index is 1370. The van der Waals surface area contributed by atoms with Crippen molar-refractivity contribution >= 4 is 40.8 Å². The summed E-state index contributed by atoms with van der Waals surface area (Å²) in [4.78, 5) is 60.5. The van der Waals surface area contributed by atoms with Gasteiger partial charge in [0, 0.05) is 23.4 Å². The average Bonchev–Trinajstić information content (AvgIpc) is 3.08. The molecule has 0 spiro atoms. The van der Waals surface area contributed by atoms with Crippen molar-refractivity contribution in [3.05, 3.63) is 93.5 Å². The number of carboxylic acids is 1. The summed E-state index contributed by atoms with van der Waals surface area (Å²) in [6, 6.07) is 15.6. The maximum absolute atomic E-state index is 12.9. The van der Waals surface area contributed by atoms with Crippen LogP contribution in [0.1, 0.15) is 31.1 Å². The number of carboxylic acid groups (broad SMARTS) is 1. The molecule has 0 atom stereocenters. The summed E-state index contributed by atoms with van der Waals surface area (Å²) in [6.07, 6.45) is 0. The number of ether oxygens (including phenoxy) is 1. The molecule has 1 aliphatic rings. The molecule has 11 heteroatoms. The first-order valence-corrected chi connectivity index (χ1v) is 9.78. The predicted molar refractivity (Wildman–Crippen MR) is 118 cm³/mol. The Balaban J connectivity index is 1.58. The Morgan fingerprint density at radius 2 is 1.74 bits per heavy atom. The molecular weight excluding hydrogens is 446 g/mol. The number of nitrogens with one attached hydrogen (secondary N) is 1. The molecule has 0 fully saturated rings. The standard InChI is InChI=1S/C23H15N3O8/c27-19(28)12-34-16-7-2-5-14(11-16)24-21(29)13-4-1-6-15(10-13)25-22(30)17-8-3-9-18(26(32)33)20(17)23(25)31/h1-11H,12H2,(H,24,29)(H,27,28). The second kappa shape index (κ2) is 8.82. The van der Waals surface area contributed by atoms with E-state index < -0.39 is 40.9 Å². The minimum atomic E-state index is -1.15. The first-order chi connectivity index (χ1) is 16.3. The fraction of sp³-hybridized carbons (Fsp3) is 0.0435. The van der Waals surface area contributed by atoms with E-state index in [4.69, 9.17) is 9.84 Å². The highest BCUT2D eigenvalue weighted by Gasteiger charge is 2.41. The van der Waals surface area contributed by atoms with E-state index >= 15 is 0 Å². The van der Waals surface area contributed by atoms with E-state index in [-0.39, 0.29) is 28.1 Å². The lowest BCUT2D eigenvalue weighted by molar-refractivity contribution is -0.385. The Morgan fingerprint density at radius 3 is 2.47 bits per heavy atom. The highest BCUT2D eigenvalue weighted by molar-refractivity contribution is 6.35. The number of anilines is 2. The first-order valence-electron chi connectivity index (χ1n) is 9.78. The lowest BCUT2D eigenvalue weighted by Gasteiger charge is -2.15. The molecule has 4 rings (SSSR count). The van der Waals surface area contributed by atoms with Gasteiger partial charge in [-0.05, 0) is 36.4 Å². The van der Waals surface area contributed by atoms with Gasteiger partial charge in [-0.2, -0.15) is 0 Å². The van der Waals surface area contributed by atoms with Gasteiger partial charge in [-0.3, -0.25) is 24.5 Å². The number of hydrogen-bond acceptors (Lipinski definition) is 7. The molecule has 2 N–H and O–H groups in total. The molecule has 0 radical (unpaired) electrons. The number of benzene rings is 3. The Morgan fingerprint density at radius 1 is 1.00 bits per heavy atom. The fourth-order valence-corrected chi connectivity index (χ4v) is 3.45. The van der Waals surface area contributed by atoms with E-state index in [2.05, 4.69) is 5.32 Å². The number of amides is 3. The highest BCUT2D eigenvalue weighted by atomic mass is 16.6. The third kappa shape index (κ3) is 4.17. The van der Waals surface area contributed by atoms with Crippen LogP contribution >= 0.6 is 0 Å². The number of carbonyl (C=O) groups is 4. The van der Waals surface area contributed by atoms with E-state index in [0.29, 0.717) is 5.69 Å². The summed E-state index contributed by atoms with van der Waals surface area (Å²) in [5.74, 6) is -3.07. The molecule has 0 aromatic heterocycles. The summed E-state index contributed by atoms with van der Waals surface area (Å²) in [6.45, 7) is -0.544. The maximum atomic E-state index is 12.9. The molecule has 11 nitrogen and oxygen atoms in total. The Kier molecular flexibility index (Phi) is 5.75. The van der Waals surface area contributed by atoms with Crippen molar-refractivity contribution in [3.8, 4) is 5.75 Å². The number of fused-ring (bicyclic) bond motifs is 1. The van der Waals surface area contributed by atoms with Gasteiger partial charge in [0.05, 0.1) is 16.2 Å². The van der Waals surface area contributed by atoms with Crippen LogP contribution in [0.25, 0.3) is 0 Å². The molecule has 34 heavy (non-hydrogen) atoms. The minimum Gasteiger partial charge on any atom is -0.482 e. The van der Waals surface area contributed by atoms with E-state index in [1.807, 2.05) is 0 Å². The van der Waals surface area contributed by atoms with Crippen LogP contribution < -0.4 is 15.0 Å². The van der Waals surface area contributed by atoms with Crippen molar-refractivity contribution in [1.29, 1.82) is 0 Å². The predicted octanol–water partition coefficient (Wildman–Crippen LogP) is 3.11. The normalized spacial score (nSPS) is 12.3. The van der Waals surface area contributed by atoms with Gasteiger partial charge in [0.15, 0.2) is 6.61 Å². The third-order valence-corrected chi connectivity index (χ3v) is 4.91.